The van der Waals surface area contributed by atoms with Crippen molar-refractivity contribution in [1.82, 2.24) is 14.9 Å². The fourth-order valence-electron chi connectivity index (χ4n) is 5.03. The first-order chi connectivity index (χ1) is 18.0. The molecule has 1 amide bonds. The van der Waals surface area contributed by atoms with Crippen LogP contribution in [-0.4, -0.2) is 28.5 Å². The fraction of sp³-hybridized carbons (Fsp3) is 0.323. The normalized spacial score (nSPS) is 15.6. The van der Waals surface area contributed by atoms with Crippen molar-refractivity contribution in [3.05, 3.63) is 105 Å². The van der Waals surface area contributed by atoms with Gasteiger partial charge in [-0.2, -0.15) is 0 Å². The average Bonchev–Trinajstić information content (AvgIpc) is 2.94. The van der Waals surface area contributed by atoms with Gasteiger partial charge in [-0.1, -0.05) is 73.2 Å². The van der Waals surface area contributed by atoms with Crippen LogP contribution in [0, 0.1) is 12.8 Å². The fourth-order valence-corrected chi connectivity index (χ4v) is 5.03. The van der Waals surface area contributed by atoms with Crippen molar-refractivity contribution in [1.29, 1.82) is 0 Å². The lowest BCUT2D eigenvalue weighted by atomic mass is 9.97. The molecule has 3 aromatic carbocycles. The molecule has 6 heteroatoms. The first kappa shape index (κ1) is 24.8. The lowest BCUT2D eigenvalue weighted by molar-refractivity contribution is -0.125. The number of rotatable bonds is 7. The Morgan fingerprint density at radius 2 is 1.68 bits per heavy atom. The van der Waals surface area contributed by atoms with E-state index in [9.17, 15) is 9.59 Å². The maximum atomic E-state index is 13.8. The first-order valence-electron chi connectivity index (χ1n) is 13.2. The summed E-state index contributed by atoms with van der Waals surface area (Å²) >= 11 is 0. The number of anilines is 1. The first-order valence-corrected chi connectivity index (χ1v) is 13.2. The van der Waals surface area contributed by atoms with Gasteiger partial charge in [0.15, 0.2) is 5.82 Å². The molecule has 1 N–H and O–H groups in total. The third-order valence-electron chi connectivity index (χ3n) is 7.29. The second kappa shape index (κ2) is 11.0. The molecule has 1 unspecified atom stereocenters. The van der Waals surface area contributed by atoms with E-state index in [2.05, 4.69) is 67.7 Å². The molecule has 0 saturated carbocycles. The molecule has 1 atom stereocenters. The summed E-state index contributed by atoms with van der Waals surface area (Å²) in [5.41, 5.74) is 6.12. The maximum absolute atomic E-state index is 13.8. The smallest absolute Gasteiger partial charge is 0.294 e. The van der Waals surface area contributed by atoms with Crippen LogP contribution in [0.15, 0.2) is 77.6 Å². The van der Waals surface area contributed by atoms with Gasteiger partial charge in [-0.3, -0.25) is 14.2 Å². The number of para-hydroxylation sites is 2. The van der Waals surface area contributed by atoms with Gasteiger partial charge in [-0.15, -0.1) is 0 Å². The van der Waals surface area contributed by atoms with Gasteiger partial charge in [0.2, 0.25) is 5.91 Å². The van der Waals surface area contributed by atoms with Crippen LogP contribution >= 0.6 is 0 Å². The molecule has 5 rings (SSSR count). The summed E-state index contributed by atoms with van der Waals surface area (Å²) in [4.78, 5) is 33.6. The number of hydrogen-bond donors (Lipinski definition) is 1. The van der Waals surface area contributed by atoms with Crippen molar-refractivity contribution in [3.63, 3.8) is 0 Å². The second-order valence-corrected chi connectivity index (χ2v) is 9.97. The van der Waals surface area contributed by atoms with Crippen LogP contribution < -0.4 is 15.8 Å². The summed E-state index contributed by atoms with van der Waals surface area (Å²) in [6, 6.07) is 24.4. The number of fused-ring (bicyclic) bond motifs is 1. The van der Waals surface area contributed by atoms with Crippen LogP contribution in [0.4, 0.5) is 5.82 Å². The zero-order valence-corrected chi connectivity index (χ0v) is 21.6. The minimum Gasteiger partial charge on any atom is -0.352 e. The van der Waals surface area contributed by atoms with Crippen molar-refractivity contribution in [2.45, 2.75) is 46.2 Å². The molecule has 1 aliphatic rings. The van der Waals surface area contributed by atoms with Crippen LogP contribution in [0.1, 0.15) is 42.0 Å². The van der Waals surface area contributed by atoms with Gasteiger partial charge in [-0.25, -0.2) is 4.98 Å². The van der Waals surface area contributed by atoms with Gasteiger partial charge in [-0.05, 0) is 55.0 Å². The predicted octanol–water partition coefficient (Wildman–Crippen LogP) is 4.85. The van der Waals surface area contributed by atoms with E-state index in [1.54, 1.807) is 0 Å². The van der Waals surface area contributed by atoms with E-state index in [1.165, 1.54) is 11.1 Å². The molecule has 0 spiro atoms. The molecule has 1 fully saturated rings. The zero-order valence-electron chi connectivity index (χ0n) is 21.6. The average molecular weight is 495 g/mol. The standard InChI is InChI=1S/C31H34N4O2/c1-3-23-14-16-24(17-15-23)19-32-30(36)26-7-6-18-34(21-26)29-31(37)35(20-25-12-10-22(2)11-13-25)28-9-5-4-8-27(28)33-29/h4-5,8-17,26H,3,6-7,18-21H2,1-2H3,(H,32,36). The minimum absolute atomic E-state index is 0.0324. The number of carbonyl (C=O) groups is 1. The SMILES string of the molecule is CCc1ccc(CNC(=O)C2CCCN(c3nc4ccccc4n(Cc4ccc(C)cc4)c3=O)C2)cc1. The summed E-state index contributed by atoms with van der Waals surface area (Å²) < 4.78 is 1.81. The molecule has 4 aromatic rings. The largest absolute Gasteiger partial charge is 0.352 e. The highest BCUT2D eigenvalue weighted by Gasteiger charge is 2.28. The zero-order chi connectivity index (χ0) is 25.8. The molecule has 37 heavy (non-hydrogen) atoms. The Balaban J connectivity index is 1.36. The van der Waals surface area contributed by atoms with E-state index >= 15 is 0 Å². The monoisotopic (exact) mass is 494 g/mol. The van der Waals surface area contributed by atoms with Crippen molar-refractivity contribution < 1.29 is 4.79 Å². The van der Waals surface area contributed by atoms with Crippen LogP contribution in [0.2, 0.25) is 0 Å². The summed E-state index contributed by atoms with van der Waals surface area (Å²) in [5.74, 6) is 0.283. The lowest BCUT2D eigenvalue weighted by Gasteiger charge is -2.33. The molecule has 6 nitrogen and oxygen atoms in total. The third kappa shape index (κ3) is 5.58. The number of aryl methyl sites for hydroxylation is 2. The predicted molar refractivity (Wildman–Crippen MR) is 149 cm³/mol. The number of amides is 1. The van der Waals surface area contributed by atoms with Crippen molar-refractivity contribution in [2.75, 3.05) is 18.0 Å². The Morgan fingerprint density at radius 3 is 2.43 bits per heavy atom. The van der Waals surface area contributed by atoms with Crippen molar-refractivity contribution in [3.8, 4) is 0 Å². The van der Waals surface area contributed by atoms with Gasteiger partial charge in [0.25, 0.3) is 5.56 Å². The van der Waals surface area contributed by atoms with Crippen LogP contribution in [0.25, 0.3) is 11.0 Å². The molecule has 0 radical (unpaired) electrons. The van der Waals surface area contributed by atoms with Crippen LogP contribution in [0.3, 0.4) is 0 Å². The molecule has 2 heterocycles. The second-order valence-electron chi connectivity index (χ2n) is 9.97. The van der Waals surface area contributed by atoms with E-state index in [-0.39, 0.29) is 17.4 Å². The van der Waals surface area contributed by atoms with E-state index in [1.807, 2.05) is 33.7 Å². The highest BCUT2D eigenvalue weighted by molar-refractivity contribution is 5.80. The number of carbonyl (C=O) groups excluding carboxylic acids is 1. The van der Waals surface area contributed by atoms with Gasteiger partial charge in [0, 0.05) is 19.6 Å². The van der Waals surface area contributed by atoms with E-state index in [0.717, 1.165) is 41.4 Å². The molecule has 1 aromatic heterocycles. The summed E-state index contributed by atoms with van der Waals surface area (Å²) in [6.45, 7) is 6.38. The summed E-state index contributed by atoms with van der Waals surface area (Å²) in [6.07, 6.45) is 2.65. The maximum Gasteiger partial charge on any atom is 0.294 e. The van der Waals surface area contributed by atoms with Crippen LogP contribution in [0.5, 0.6) is 0 Å². The number of piperidine rings is 1. The van der Waals surface area contributed by atoms with E-state index in [0.29, 0.717) is 32.0 Å². The molecule has 190 valence electrons. The number of hydrogen-bond acceptors (Lipinski definition) is 4. The molecular formula is C31H34N4O2. The quantitative estimate of drug-likeness (QED) is 0.399. The number of nitrogens with one attached hydrogen (secondary N) is 1. The molecule has 1 aliphatic heterocycles. The Bertz CT molecular complexity index is 1440. The molecular weight excluding hydrogens is 460 g/mol. The van der Waals surface area contributed by atoms with Gasteiger partial charge in [0.05, 0.1) is 23.5 Å². The summed E-state index contributed by atoms with van der Waals surface area (Å²) in [7, 11) is 0. The Hall–Kier alpha value is -3.93. The summed E-state index contributed by atoms with van der Waals surface area (Å²) in [5, 5.41) is 3.10. The Kier molecular flexibility index (Phi) is 7.35. The molecule has 0 bridgehead atoms. The van der Waals surface area contributed by atoms with Gasteiger partial charge in [0.1, 0.15) is 0 Å². The highest BCUT2D eigenvalue weighted by Crippen LogP contribution is 2.22. The van der Waals surface area contributed by atoms with Crippen molar-refractivity contribution in [2.24, 2.45) is 5.92 Å². The topological polar surface area (TPSA) is 67.2 Å². The van der Waals surface area contributed by atoms with Gasteiger partial charge < -0.3 is 10.2 Å². The van der Waals surface area contributed by atoms with E-state index in [4.69, 9.17) is 4.98 Å². The molecule has 1 saturated heterocycles. The van der Waals surface area contributed by atoms with E-state index < -0.39 is 0 Å². The minimum atomic E-state index is -0.179. The number of nitrogens with zero attached hydrogens (tertiary/aromatic N) is 3. The number of aromatic nitrogens is 2. The van der Waals surface area contributed by atoms with Gasteiger partial charge >= 0.3 is 0 Å². The molecule has 0 aliphatic carbocycles. The number of benzene rings is 3. The van der Waals surface area contributed by atoms with Crippen LogP contribution in [-0.2, 0) is 24.3 Å². The van der Waals surface area contributed by atoms with Crippen molar-refractivity contribution >= 4 is 22.8 Å². The Morgan fingerprint density at radius 1 is 0.973 bits per heavy atom. The lowest BCUT2D eigenvalue weighted by Crippen LogP contribution is -2.45. The third-order valence-corrected chi connectivity index (χ3v) is 7.29. The Labute approximate surface area is 218 Å². The highest BCUT2D eigenvalue weighted by atomic mass is 16.2.